The van der Waals surface area contributed by atoms with Crippen molar-refractivity contribution in [2.75, 3.05) is 0 Å². The van der Waals surface area contributed by atoms with E-state index < -0.39 is 17.1 Å². The van der Waals surface area contributed by atoms with Crippen LogP contribution < -0.4 is 0 Å². The monoisotopic (exact) mass is 402 g/mol. The van der Waals surface area contributed by atoms with Gasteiger partial charge in [0.05, 0.1) is 17.8 Å². The summed E-state index contributed by atoms with van der Waals surface area (Å²) in [5.41, 5.74) is -0.0573. The van der Waals surface area contributed by atoms with E-state index in [4.69, 9.17) is 0 Å². The van der Waals surface area contributed by atoms with Crippen molar-refractivity contribution >= 4 is 5.78 Å². The van der Waals surface area contributed by atoms with Gasteiger partial charge in [-0.2, -0.15) is 0 Å². The third-order valence-electron chi connectivity index (χ3n) is 10.6. The fourth-order valence-corrected chi connectivity index (χ4v) is 9.24. The highest BCUT2D eigenvalue weighted by Crippen LogP contribution is 2.71. The van der Waals surface area contributed by atoms with E-state index in [9.17, 15) is 20.1 Å². The summed E-state index contributed by atoms with van der Waals surface area (Å²) in [5.74, 6) is 1.40. The number of aliphatic hydroxyl groups excluding tert-OH is 2. The molecule has 4 fully saturated rings. The average molecular weight is 403 g/mol. The second kappa shape index (κ2) is 6.64. The third-order valence-corrected chi connectivity index (χ3v) is 10.6. The fraction of sp³-hybridized carbons (Fsp3) is 0.880. The Bertz CT molecular complexity index is 730. The molecule has 9 atom stereocenters. The van der Waals surface area contributed by atoms with Gasteiger partial charge in [0.1, 0.15) is 0 Å². The van der Waals surface area contributed by atoms with Gasteiger partial charge in [0.15, 0.2) is 5.78 Å². The maximum absolute atomic E-state index is 12.4. The van der Waals surface area contributed by atoms with Crippen LogP contribution in [0.15, 0.2) is 11.6 Å². The van der Waals surface area contributed by atoms with E-state index in [-0.39, 0.29) is 29.1 Å². The lowest BCUT2D eigenvalue weighted by atomic mass is 9.41. The molecule has 162 valence electrons. The quantitative estimate of drug-likeness (QED) is 0.657. The van der Waals surface area contributed by atoms with Gasteiger partial charge in [-0.05, 0) is 99.4 Å². The summed E-state index contributed by atoms with van der Waals surface area (Å²) < 4.78 is 0. The zero-order chi connectivity index (χ0) is 20.6. The van der Waals surface area contributed by atoms with Crippen LogP contribution in [0.2, 0.25) is 0 Å². The first-order chi connectivity index (χ1) is 13.8. The van der Waals surface area contributed by atoms with Gasteiger partial charge in [0.25, 0.3) is 0 Å². The normalized spacial score (nSPS) is 54.5. The zero-order valence-electron chi connectivity index (χ0n) is 18.1. The Morgan fingerprint density at radius 2 is 1.83 bits per heavy atom. The Morgan fingerprint density at radius 1 is 1.03 bits per heavy atom. The Morgan fingerprint density at radius 3 is 2.52 bits per heavy atom. The minimum atomic E-state index is -0.842. The van der Waals surface area contributed by atoms with E-state index in [1.807, 2.05) is 6.08 Å². The smallest absolute Gasteiger partial charge is 0.155 e. The lowest BCUT2D eigenvalue weighted by Crippen LogP contribution is -2.67. The van der Waals surface area contributed by atoms with Gasteiger partial charge in [-0.1, -0.05) is 19.4 Å². The second-order valence-corrected chi connectivity index (χ2v) is 11.3. The number of fused-ring (bicyclic) bond motifs is 5. The van der Waals surface area contributed by atoms with Gasteiger partial charge in [-0.25, -0.2) is 0 Å². The summed E-state index contributed by atoms with van der Waals surface area (Å²) >= 11 is 0. The minimum Gasteiger partial charge on any atom is -0.393 e. The first kappa shape index (κ1) is 20.2. The highest BCUT2D eigenvalue weighted by atomic mass is 16.3. The molecule has 5 rings (SSSR count). The molecule has 29 heavy (non-hydrogen) atoms. The minimum absolute atomic E-state index is 0.111. The molecule has 4 saturated carbocycles. The van der Waals surface area contributed by atoms with Crippen molar-refractivity contribution in [1.82, 2.24) is 0 Å². The zero-order valence-corrected chi connectivity index (χ0v) is 18.1. The molecule has 3 N–H and O–H groups in total. The van der Waals surface area contributed by atoms with Crippen LogP contribution in [0.25, 0.3) is 0 Å². The predicted molar refractivity (Wildman–Crippen MR) is 111 cm³/mol. The van der Waals surface area contributed by atoms with E-state index in [2.05, 4.69) is 13.8 Å². The predicted octanol–water partition coefficient (Wildman–Crippen LogP) is 3.77. The Balaban J connectivity index is 1.54. The van der Waals surface area contributed by atoms with Crippen molar-refractivity contribution in [1.29, 1.82) is 0 Å². The molecule has 0 aromatic heterocycles. The Hall–Kier alpha value is -0.710. The van der Waals surface area contributed by atoms with Crippen LogP contribution in [0.1, 0.15) is 84.5 Å². The van der Waals surface area contributed by atoms with Gasteiger partial charge in [0, 0.05) is 11.8 Å². The SMILES string of the molecule is CCC12C(O)CC3C(CCC4CC(O)CCC43C)C1(O)CCC2C1=CC(=O)CC1. The van der Waals surface area contributed by atoms with Crippen molar-refractivity contribution in [3.63, 3.8) is 0 Å². The van der Waals surface area contributed by atoms with E-state index in [0.29, 0.717) is 18.3 Å². The lowest BCUT2D eigenvalue weighted by Gasteiger charge is -2.65. The number of aliphatic hydroxyl groups is 3. The van der Waals surface area contributed by atoms with Crippen LogP contribution in [0, 0.1) is 34.5 Å². The van der Waals surface area contributed by atoms with Gasteiger partial charge >= 0.3 is 0 Å². The highest BCUT2D eigenvalue weighted by molar-refractivity contribution is 5.93. The van der Waals surface area contributed by atoms with E-state index >= 15 is 0 Å². The number of carbonyl (C=O) groups is 1. The molecule has 4 nitrogen and oxygen atoms in total. The molecule has 0 radical (unpaired) electrons. The molecule has 9 unspecified atom stereocenters. The first-order valence-electron chi connectivity index (χ1n) is 12.1. The largest absolute Gasteiger partial charge is 0.393 e. The summed E-state index contributed by atoms with van der Waals surface area (Å²) in [7, 11) is 0. The molecule has 0 amide bonds. The van der Waals surface area contributed by atoms with Crippen molar-refractivity contribution in [3.8, 4) is 0 Å². The maximum atomic E-state index is 12.4. The molecule has 0 spiro atoms. The standard InChI is InChI=1S/C25H38O4/c1-3-24-19(15-4-6-17(26)12-15)9-11-25(24,29)20-7-5-16-13-18(27)8-10-23(16,2)21(20)14-22(24)28/h12,16,18-22,27-29H,3-11,13-14H2,1-2H3. The van der Waals surface area contributed by atoms with E-state index in [0.717, 1.165) is 64.2 Å². The van der Waals surface area contributed by atoms with Crippen LogP contribution in [-0.2, 0) is 4.79 Å². The second-order valence-electron chi connectivity index (χ2n) is 11.3. The summed E-state index contributed by atoms with van der Waals surface area (Å²) in [6, 6.07) is 0. The van der Waals surface area contributed by atoms with Crippen LogP contribution in [0.4, 0.5) is 0 Å². The number of carbonyl (C=O) groups excluding carboxylic acids is 1. The van der Waals surface area contributed by atoms with Gasteiger partial charge in [-0.3, -0.25) is 4.79 Å². The van der Waals surface area contributed by atoms with Gasteiger partial charge in [-0.15, -0.1) is 0 Å². The first-order valence-corrected chi connectivity index (χ1v) is 12.1. The van der Waals surface area contributed by atoms with E-state index in [1.54, 1.807) is 0 Å². The van der Waals surface area contributed by atoms with Crippen molar-refractivity contribution < 1.29 is 20.1 Å². The molecule has 0 saturated heterocycles. The lowest BCUT2D eigenvalue weighted by molar-refractivity contribution is -0.251. The molecule has 5 aliphatic rings. The number of hydrogen-bond acceptors (Lipinski definition) is 4. The molecule has 4 heteroatoms. The molecule has 0 aromatic rings. The van der Waals surface area contributed by atoms with Crippen LogP contribution >= 0.6 is 0 Å². The molecule has 0 aliphatic heterocycles. The Kier molecular flexibility index (Phi) is 4.63. The van der Waals surface area contributed by atoms with Crippen molar-refractivity contribution in [2.45, 2.75) is 102 Å². The fourth-order valence-electron chi connectivity index (χ4n) is 9.24. The summed E-state index contributed by atoms with van der Waals surface area (Å²) in [6.45, 7) is 4.51. The van der Waals surface area contributed by atoms with Crippen LogP contribution in [0.3, 0.4) is 0 Å². The number of ketones is 1. The highest BCUT2D eigenvalue weighted by Gasteiger charge is 2.71. The number of allylic oxidation sites excluding steroid dienone is 2. The Labute approximate surface area is 174 Å². The van der Waals surface area contributed by atoms with Gasteiger partial charge < -0.3 is 15.3 Å². The number of rotatable bonds is 2. The average Bonchev–Trinajstić information content (AvgIpc) is 3.24. The molecule has 0 heterocycles. The number of hydrogen-bond donors (Lipinski definition) is 3. The summed E-state index contributed by atoms with van der Waals surface area (Å²) in [5, 5.41) is 34.3. The summed E-state index contributed by atoms with van der Waals surface area (Å²) in [4.78, 5) is 12.0. The molecular weight excluding hydrogens is 364 g/mol. The molecular formula is C25H38O4. The van der Waals surface area contributed by atoms with Crippen LogP contribution in [0.5, 0.6) is 0 Å². The van der Waals surface area contributed by atoms with Crippen molar-refractivity contribution in [2.24, 2.45) is 34.5 Å². The van der Waals surface area contributed by atoms with E-state index in [1.165, 1.54) is 5.57 Å². The van der Waals surface area contributed by atoms with Crippen molar-refractivity contribution in [3.05, 3.63) is 11.6 Å². The third kappa shape index (κ3) is 2.52. The van der Waals surface area contributed by atoms with Gasteiger partial charge in [0.2, 0.25) is 0 Å². The van der Waals surface area contributed by atoms with Crippen LogP contribution in [-0.4, -0.2) is 38.9 Å². The molecule has 0 bridgehead atoms. The summed E-state index contributed by atoms with van der Waals surface area (Å²) in [6.07, 6.45) is 10.5. The maximum Gasteiger partial charge on any atom is 0.155 e. The molecule has 5 aliphatic carbocycles. The molecule has 0 aromatic carbocycles. The topological polar surface area (TPSA) is 77.8 Å².